The third kappa shape index (κ3) is 4.54. The molecule has 5 nitrogen and oxygen atoms in total. The third-order valence-electron chi connectivity index (χ3n) is 5.64. The summed E-state index contributed by atoms with van der Waals surface area (Å²) in [5.41, 5.74) is 1.83. The molecule has 3 rings (SSSR count). The molecule has 0 spiro atoms. The molecule has 1 aliphatic rings. The molecule has 1 saturated heterocycles. The fraction of sp³-hybridized carbons (Fsp3) is 0.435. The van der Waals surface area contributed by atoms with Gasteiger partial charge in [-0.05, 0) is 50.7 Å². The lowest BCUT2D eigenvalue weighted by atomic mass is 9.75. The van der Waals surface area contributed by atoms with Crippen LogP contribution in [0.25, 0.3) is 0 Å². The Balaban J connectivity index is 1.78. The van der Waals surface area contributed by atoms with E-state index in [9.17, 15) is 15.0 Å². The Morgan fingerprint density at radius 1 is 1.21 bits per heavy atom. The van der Waals surface area contributed by atoms with Crippen molar-refractivity contribution in [1.29, 1.82) is 0 Å². The number of nitrogens with zero attached hydrogens (tertiary/aromatic N) is 2. The summed E-state index contributed by atoms with van der Waals surface area (Å²) in [4.78, 5) is 16.8. The van der Waals surface area contributed by atoms with E-state index in [0.717, 1.165) is 5.56 Å². The van der Waals surface area contributed by atoms with Crippen LogP contribution < -0.4 is 0 Å². The molecular formula is C23H30N2O3. The number of amides is 1. The van der Waals surface area contributed by atoms with Gasteiger partial charge in [-0.3, -0.25) is 4.79 Å². The van der Waals surface area contributed by atoms with Gasteiger partial charge in [0.1, 0.15) is 5.75 Å². The Morgan fingerprint density at radius 3 is 2.57 bits per heavy atom. The van der Waals surface area contributed by atoms with Gasteiger partial charge in [-0.25, -0.2) is 0 Å². The molecule has 0 radical (unpaired) electrons. The zero-order chi connectivity index (χ0) is 20.3. The molecule has 2 N–H and O–H groups in total. The smallest absolute Gasteiger partial charge is 0.227 e. The minimum Gasteiger partial charge on any atom is -0.508 e. The molecule has 2 aromatic rings. The van der Waals surface area contributed by atoms with Crippen molar-refractivity contribution < 1.29 is 15.0 Å². The van der Waals surface area contributed by atoms with Crippen LogP contribution in [0.4, 0.5) is 0 Å². The quantitative estimate of drug-likeness (QED) is 0.834. The minimum atomic E-state index is -1.07. The molecule has 2 aromatic carbocycles. The molecule has 0 aliphatic carbocycles. The maximum atomic E-state index is 12.9. The van der Waals surface area contributed by atoms with Gasteiger partial charge in [0.25, 0.3) is 0 Å². The van der Waals surface area contributed by atoms with Crippen molar-refractivity contribution >= 4 is 5.91 Å². The van der Waals surface area contributed by atoms with Crippen LogP contribution in [-0.2, 0) is 16.8 Å². The molecule has 1 aliphatic heterocycles. The number of phenols is 1. The maximum absolute atomic E-state index is 12.9. The summed E-state index contributed by atoms with van der Waals surface area (Å²) in [5, 5.41) is 21.4. The Bertz CT molecular complexity index is 819. The highest BCUT2D eigenvalue weighted by Crippen LogP contribution is 2.39. The van der Waals surface area contributed by atoms with Crippen LogP contribution in [0.5, 0.6) is 5.75 Å². The SMILES string of the molecule is Cc1ccc(CC(=O)N2CCC(O)(c3cccc(O)c3)C(CN(C)C)C2)cc1. The molecule has 5 heteroatoms. The van der Waals surface area contributed by atoms with E-state index in [0.29, 0.717) is 38.0 Å². The van der Waals surface area contributed by atoms with Gasteiger partial charge < -0.3 is 20.0 Å². The summed E-state index contributed by atoms with van der Waals surface area (Å²) in [6, 6.07) is 14.9. The van der Waals surface area contributed by atoms with Crippen molar-refractivity contribution in [2.24, 2.45) is 5.92 Å². The number of aliphatic hydroxyl groups is 1. The summed E-state index contributed by atoms with van der Waals surface area (Å²) >= 11 is 0. The number of aryl methyl sites for hydroxylation is 1. The first-order valence-electron chi connectivity index (χ1n) is 9.78. The van der Waals surface area contributed by atoms with Gasteiger partial charge in [0.15, 0.2) is 0 Å². The Kier molecular flexibility index (Phi) is 6.06. The molecule has 28 heavy (non-hydrogen) atoms. The highest BCUT2D eigenvalue weighted by molar-refractivity contribution is 5.79. The van der Waals surface area contributed by atoms with Gasteiger partial charge in [-0.1, -0.05) is 42.0 Å². The molecular weight excluding hydrogens is 352 g/mol. The maximum Gasteiger partial charge on any atom is 0.227 e. The van der Waals surface area contributed by atoms with E-state index < -0.39 is 5.60 Å². The summed E-state index contributed by atoms with van der Waals surface area (Å²) in [6.07, 6.45) is 0.827. The molecule has 0 aromatic heterocycles. The summed E-state index contributed by atoms with van der Waals surface area (Å²) in [5.74, 6) is 0.0954. The summed E-state index contributed by atoms with van der Waals surface area (Å²) < 4.78 is 0. The predicted molar refractivity (Wildman–Crippen MR) is 110 cm³/mol. The van der Waals surface area contributed by atoms with Crippen molar-refractivity contribution in [3.63, 3.8) is 0 Å². The van der Waals surface area contributed by atoms with Gasteiger partial charge in [-0.2, -0.15) is 0 Å². The number of hydrogen-bond donors (Lipinski definition) is 2. The van der Waals surface area contributed by atoms with Crippen molar-refractivity contribution in [3.05, 3.63) is 65.2 Å². The van der Waals surface area contributed by atoms with Gasteiger partial charge >= 0.3 is 0 Å². The monoisotopic (exact) mass is 382 g/mol. The van der Waals surface area contributed by atoms with Crippen molar-refractivity contribution in [2.75, 3.05) is 33.7 Å². The molecule has 2 atom stereocenters. The minimum absolute atomic E-state index is 0.0885. The van der Waals surface area contributed by atoms with Crippen molar-refractivity contribution in [3.8, 4) is 5.75 Å². The van der Waals surface area contributed by atoms with Crippen molar-refractivity contribution in [2.45, 2.75) is 25.4 Å². The first-order valence-corrected chi connectivity index (χ1v) is 9.78. The molecule has 1 heterocycles. The number of benzene rings is 2. The highest BCUT2D eigenvalue weighted by Gasteiger charge is 2.44. The predicted octanol–water partition coefficient (Wildman–Crippen LogP) is 2.54. The second-order valence-corrected chi connectivity index (χ2v) is 8.19. The second-order valence-electron chi connectivity index (χ2n) is 8.19. The Labute approximate surface area is 167 Å². The van der Waals surface area contributed by atoms with Crippen LogP contribution >= 0.6 is 0 Å². The number of phenolic OH excluding ortho intramolecular Hbond substituents is 1. The number of carbonyl (C=O) groups is 1. The van der Waals surface area contributed by atoms with E-state index in [1.165, 1.54) is 5.56 Å². The van der Waals surface area contributed by atoms with E-state index in [1.807, 2.05) is 61.2 Å². The van der Waals surface area contributed by atoms with E-state index in [1.54, 1.807) is 18.2 Å². The second kappa shape index (κ2) is 8.33. The Hall–Kier alpha value is -2.37. The third-order valence-corrected chi connectivity index (χ3v) is 5.64. The van der Waals surface area contributed by atoms with Crippen LogP contribution in [0.15, 0.2) is 48.5 Å². The number of aromatic hydroxyl groups is 1. The lowest BCUT2D eigenvalue weighted by molar-refractivity contribution is -0.141. The van der Waals surface area contributed by atoms with Crippen LogP contribution in [0.1, 0.15) is 23.1 Å². The summed E-state index contributed by atoms with van der Waals surface area (Å²) in [7, 11) is 3.94. The number of carbonyl (C=O) groups excluding carboxylic acids is 1. The van der Waals surface area contributed by atoms with Crippen LogP contribution in [0.3, 0.4) is 0 Å². The van der Waals surface area contributed by atoms with Crippen LogP contribution in [-0.4, -0.2) is 59.6 Å². The van der Waals surface area contributed by atoms with E-state index >= 15 is 0 Å². The first kappa shape index (κ1) is 20.4. The van der Waals surface area contributed by atoms with Gasteiger partial charge in [0.2, 0.25) is 5.91 Å². The van der Waals surface area contributed by atoms with Crippen LogP contribution in [0.2, 0.25) is 0 Å². The number of likely N-dealkylation sites (tertiary alicyclic amines) is 1. The molecule has 0 saturated carbocycles. The van der Waals surface area contributed by atoms with E-state index in [4.69, 9.17) is 0 Å². The largest absolute Gasteiger partial charge is 0.508 e. The number of piperidine rings is 1. The molecule has 1 fully saturated rings. The first-order chi connectivity index (χ1) is 13.3. The highest BCUT2D eigenvalue weighted by atomic mass is 16.3. The van der Waals surface area contributed by atoms with E-state index in [2.05, 4.69) is 0 Å². The molecule has 150 valence electrons. The molecule has 2 unspecified atom stereocenters. The zero-order valence-electron chi connectivity index (χ0n) is 16.9. The summed E-state index contributed by atoms with van der Waals surface area (Å²) in [6.45, 7) is 3.68. The fourth-order valence-corrected chi connectivity index (χ4v) is 4.04. The Morgan fingerprint density at radius 2 is 1.93 bits per heavy atom. The molecule has 1 amide bonds. The number of hydrogen-bond acceptors (Lipinski definition) is 4. The standard InChI is InChI=1S/C23H30N2O3/c1-17-7-9-18(10-8-17)13-22(27)25-12-11-23(28,20(16-25)15-24(2)3)19-5-4-6-21(26)14-19/h4-10,14,20,26,28H,11-13,15-16H2,1-3H3. The average molecular weight is 383 g/mol. The average Bonchev–Trinajstić information content (AvgIpc) is 2.65. The topological polar surface area (TPSA) is 64.0 Å². The lowest BCUT2D eigenvalue weighted by Gasteiger charge is -2.46. The van der Waals surface area contributed by atoms with E-state index in [-0.39, 0.29) is 17.6 Å². The van der Waals surface area contributed by atoms with Crippen molar-refractivity contribution in [1.82, 2.24) is 9.80 Å². The zero-order valence-corrected chi connectivity index (χ0v) is 16.9. The van der Waals surface area contributed by atoms with Crippen LogP contribution in [0, 0.1) is 12.8 Å². The lowest BCUT2D eigenvalue weighted by Crippen LogP contribution is -2.54. The van der Waals surface area contributed by atoms with Gasteiger partial charge in [0, 0.05) is 25.6 Å². The molecule has 0 bridgehead atoms. The van der Waals surface area contributed by atoms with Gasteiger partial charge in [0.05, 0.1) is 12.0 Å². The number of rotatable bonds is 5. The van der Waals surface area contributed by atoms with Gasteiger partial charge in [-0.15, -0.1) is 0 Å². The fourth-order valence-electron chi connectivity index (χ4n) is 4.04. The normalized spacial score (nSPS) is 22.5.